The third-order valence-corrected chi connectivity index (χ3v) is 5.59. The van der Waals surface area contributed by atoms with Crippen LogP contribution in [0.2, 0.25) is 0 Å². The Morgan fingerprint density at radius 2 is 1.87 bits per heavy atom. The van der Waals surface area contributed by atoms with Crippen LogP contribution in [0.15, 0.2) is 48.5 Å². The Balaban J connectivity index is 1.62. The highest BCUT2D eigenvalue weighted by atomic mass is 16.6. The minimum atomic E-state index is -0.505. The summed E-state index contributed by atoms with van der Waals surface area (Å²) in [4.78, 5) is 29.3. The van der Waals surface area contributed by atoms with Crippen molar-refractivity contribution in [1.29, 1.82) is 0 Å². The van der Waals surface area contributed by atoms with Gasteiger partial charge < -0.3 is 15.0 Å². The molecule has 0 saturated carbocycles. The van der Waals surface area contributed by atoms with E-state index >= 15 is 0 Å². The number of amides is 2. The van der Waals surface area contributed by atoms with E-state index in [1.54, 1.807) is 0 Å². The van der Waals surface area contributed by atoms with E-state index in [0.717, 1.165) is 42.0 Å². The number of likely N-dealkylation sites (tertiary alicyclic amines) is 1. The number of rotatable bonds is 7. The number of aryl methyl sites for hydroxylation is 1. The van der Waals surface area contributed by atoms with Gasteiger partial charge in [-0.3, -0.25) is 9.69 Å². The maximum absolute atomic E-state index is 12.9. The first-order valence-electron chi connectivity index (χ1n) is 10.7. The molecule has 1 atom stereocenters. The highest BCUT2D eigenvalue weighted by Crippen LogP contribution is 2.25. The Bertz CT molecular complexity index is 865. The number of nitrogens with zero attached hydrogens (tertiary/aromatic N) is 2. The van der Waals surface area contributed by atoms with Crippen LogP contribution in [-0.4, -0.2) is 42.6 Å². The van der Waals surface area contributed by atoms with Crippen LogP contribution in [-0.2, 0) is 16.1 Å². The van der Waals surface area contributed by atoms with Gasteiger partial charge in [-0.05, 0) is 62.9 Å². The Kier molecular flexibility index (Phi) is 7.33. The lowest BCUT2D eigenvalue weighted by molar-refractivity contribution is -0.120. The van der Waals surface area contributed by atoms with Crippen LogP contribution in [0, 0.1) is 6.92 Å². The topological polar surface area (TPSA) is 61.9 Å². The Morgan fingerprint density at radius 3 is 2.53 bits per heavy atom. The first kappa shape index (κ1) is 21.7. The van der Waals surface area contributed by atoms with E-state index in [2.05, 4.69) is 30.1 Å². The summed E-state index contributed by atoms with van der Waals surface area (Å²) in [5, 5.41) is 3.01. The number of anilines is 2. The monoisotopic (exact) mass is 409 g/mol. The number of carbonyl (C=O) groups excluding carboxylic acids is 2. The lowest BCUT2D eigenvalue weighted by Gasteiger charge is -2.25. The predicted molar refractivity (Wildman–Crippen MR) is 120 cm³/mol. The first-order valence-corrected chi connectivity index (χ1v) is 10.7. The van der Waals surface area contributed by atoms with Crippen LogP contribution < -0.4 is 10.2 Å². The predicted octanol–water partition coefficient (Wildman–Crippen LogP) is 4.58. The lowest BCUT2D eigenvalue weighted by Crippen LogP contribution is -2.43. The van der Waals surface area contributed by atoms with Crippen molar-refractivity contribution in [3.8, 4) is 0 Å². The van der Waals surface area contributed by atoms with Gasteiger partial charge in [0.05, 0.1) is 0 Å². The summed E-state index contributed by atoms with van der Waals surface area (Å²) < 4.78 is 5.43. The molecule has 1 unspecified atom stereocenters. The van der Waals surface area contributed by atoms with E-state index in [9.17, 15) is 9.59 Å². The van der Waals surface area contributed by atoms with E-state index in [0.29, 0.717) is 13.0 Å². The van der Waals surface area contributed by atoms with Crippen LogP contribution in [0.5, 0.6) is 0 Å². The summed E-state index contributed by atoms with van der Waals surface area (Å²) in [6, 6.07) is 15.1. The van der Waals surface area contributed by atoms with E-state index in [-0.39, 0.29) is 12.5 Å². The molecule has 3 rings (SSSR count). The minimum Gasteiger partial charge on any atom is -0.445 e. The smallest absolute Gasteiger partial charge is 0.410 e. The van der Waals surface area contributed by atoms with Crippen LogP contribution in [0.3, 0.4) is 0 Å². The molecule has 1 aliphatic heterocycles. The highest BCUT2D eigenvalue weighted by molar-refractivity contribution is 5.97. The Morgan fingerprint density at radius 1 is 1.13 bits per heavy atom. The molecule has 1 fully saturated rings. The van der Waals surface area contributed by atoms with Gasteiger partial charge in [0, 0.05) is 31.0 Å². The molecule has 30 heavy (non-hydrogen) atoms. The summed E-state index contributed by atoms with van der Waals surface area (Å²) in [5.74, 6) is -0.164. The molecule has 2 amide bonds. The van der Waals surface area contributed by atoms with Crippen molar-refractivity contribution >= 4 is 23.4 Å². The van der Waals surface area contributed by atoms with E-state index < -0.39 is 12.1 Å². The van der Waals surface area contributed by atoms with Gasteiger partial charge >= 0.3 is 6.09 Å². The van der Waals surface area contributed by atoms with Gasteiger partial charge in [0.2, 0.25) is 5.91 Å². The highest BCUT2D eigenvalue weighted by Gasteiger charge is 2.35. The molecule has 0 spiro atoms. The standard InChI is InChI=1S/C24H31N3O3/c1-4-26(5-2)20-13-14-21(18(3)16-20)25-23(28)22-12-9-15-27(22)24(29)30-17-19-10-7-6-8-11-19/h6-8,10-11,13-14,16,22H,4-5,9,12,15,17H2,1-3H3,(H,25,28). The average molecular weight is 410 g/mol. The van der Waals surface area contributed by atoms with Crippen LogP contribution in [0.25, 0.3) is 0 Å². The van der Waals surface area contributed by atoms with Crippen molar-refractivity contribution < 1.29 is 14.3 Å². The summed E-state index contributed by atoms with van der Waals surface area (Å²) in [5.41, 5.74) is 3.85. The minimum absolute atomic E-state index is 0.164. The van der Waals surface area contributed by atoms with Crippen LogP contribution in [0.1, 0.15) is 37.8 Å². The normalized spacial score (nSPS) is 15.7. The third-order valence-electron chi connectivity index (χ3n) is 5.59. The molecule has 1 N–H and O–H groups in total. The molecule has 1 heterocycles. The lowest BCUT2D eigenvalue weighted by atomic mass is 10.1. The van der Waals surface area contributed by atoms with E-state index in [1.165, 1.54) is 4.90 Å². The van der Waals surface area contributed by atoms with Crippen molar-refractivity contribution in [2.75, 3.05) is 29.9 Å². The van der Waals surface area contributed by atoms with Gasteiger partial charge in [-0.25, -0.2) is 4.79 Å². The molecule has 160 valence electrons. The van der Waals surface area contributed by atoms with Gasteiger partial charge in [-0.2, -0.15) is 0 Å². The molecule has 6 nitrogen and oxygen atoms in total. The van der Waals surface area contributed by atoms with Crippen molar-refractivity contribution in [1.82, 2.24) is 4.90 Å². The second-order valence-corrected chi connectivity index (χ2v) is 7.55. The van der Waals surface area contributed by atoms with Gasteiger partial charge in [0.25, 0.3) is 0 Å². The summed E-state index contributed by atoms with van der Waals surface area (Å²) >= 11 is 0. The van der Waals surface area contributed by atoms with Crippen molar-refractivity contribution in [2.24, 2.45) is 0 Å². The fraction of sp³-hybridized carbons (Fsp3) is 0.417. The zero-order valence-electron chi connectivity index (χ0n) is 18.1. The molecule has 0 radical (unpaired) electrons. The third kappa shape index (κ3) is 5.12. The fourth-order valence-corrected chi connectivity index (χ4v) is 3.85. The second kappa shape index (κ2) is 10.1. The largest absolute Gasteiger partial charge is 0.445 e. The molecule has 6 heteroatoms. The number of hydrogen-bond donors (Lipinski definition) is 1. The summed E-state index contributed by atoms with van der Waals surface area (Å²) in [7, 11) is 0. The molecule has 0 aliphatic carbocycles. The van der Waals surface area contributed by atoms with Gasteiger partial charge in [0.15, 0.2) is 0 Å². The van der Waals surface area contributed by atoms with E-state index in [1.807, 2.05) is 49.4 Å². The van der Waals surface area contributed by atoms with Crippen molar-refractivity contribution in [3.63, 3.8) is 0 Å². The first-order chi connectivity index (χ1) is 14.5. The van der Waals surface area contributed by atoms with Gasteiger partial charge in [0.1, 0.15) is 12.6 Å². The summed E-state index contributed by atoms with van der Waals surface area (Å²) in [6.07, 6.45) is 0.992. The molecule has 0 aromatic heterocycles. The maximum atomic E-state index is 12.9. The van der Waals surface area contributed by atoms with Gasteiger partial charge in [-0.15, -0.1) is 0 Å². The Labute approximate surface area is 178 Å². The van der Waals surface area contributed by atoms with Crippen molar-refractivity contribution in [3.05, 3.63) is 59.7 Å². The molecular weight excluding hydrogens is 378 g/mol. The van der Waals surface area contributed by atoms with E-state index in [4.69, 9.17) is 4.74 Å². The number of ether oxygens (including phenoxy) is 1. The average Bonchev–Trinajstić information content (AvgIpc) is 3.26. The quantitative estimate of drug-likeness (QED) is 0.727. The van der Waals surface area contributed by atoms with Crippen LogP contribution in [0.4, 0.5) is 16.2 Å². The number of carbonyl (C=O) groups is 2. The summed E-state index contributed by atoms with van der Waals surface area (Å²) in [6.45, 7) is 8.85. The van der Waals surface area contributed by atoms with Gasteiger partial charge in [-0.1, -0.05) is 30.3 Å². The molecule has 2 aromatic rings. The molecule has 1 aliphatic rings. The molecule has 1 saturated heterocycles. The Hall–Kier alpha value is -3.02. The number of nitrogens with one attached hydrogen (secondary N) is 1. The fourth-order valence-electron chi connectivity index (χ4n) is 3.85. The zero-order chi connectivity index (χ0) is 21.5. The van der Waals surface area contributed by atoms with Crippen LogP contribution >= 0.6 is 0 Å². The SMILES string of the molecule is CCN(CC)c1ccc(NC(=O)C2CCCN2C(=O)OCc2ccccc2)c(C)c1. The zero-order valence-corrected chi connectivity index (χ0v) is 18.1. The molecular formula is C24H31N3O3. The molecule has 0 bridgehead atoms. The van der Waals surface area contributed by atoms with Crippen molar-refractivity contribution in [2.45, 2.75) is 46.3 Å². The second-order valence-electron chi connectivity index (χ2n) is 7.55. The number of hydrogen-bond acceptors (Lipinski definition) is 4. The maximum Gasteiger partial charge on any atom is 0.410 e. The number of benzene rings is 2. The molecule has 2 aromatic carbocycles.